The van der Waals surface area contributed by atoms with Gasteiger partial charge in [-0.2, -0.15) is 13.2 Å². The molecule has 2 N–H and O–H groups in total. The van der Waals surface area contributed by atoms with Gasteiger partial charge in [-0.1, -0.05) is 18.2 Å². The van der Waals surface area contributed by atoms with Gasteiger partial charge >= 0.3 is 6.18 Å². The van der Waals surface area contributed by atoms with Crippen LogP contribution in [0.25, 0.3) is 10.9 Å². The van der Waals surface area contributed by atoms with E-state index < -0.39 is 11.9 Å². The van der Waals surface area contributed by atoms with E-state index in [-0.39, 0.29) is 24.4 Å². The topological polar surface area (TPSA) is 44.9 Å². The summed E-state index contributed by atoms with van der Waals surface area (Å²) in [6, 6.07) is 6.62. The standard InChI is InChI=1S/C13H13F3N2O/c1-8(19)17-7-6-10-9-4-2-3-5-11(9)18-12(10)13(14,15)16/h2-5,18H,6-7H2,1H3,(H,17,19). The molecule has 0 atom stereocenters. The third kappa shape index (κ3) is 2.89. The fraction of sp³-hybridized carbons (Fsp3) is 0.308. The third-order valence-electron chi connectivity index (χ3n) is 2.85. The highest BCUT2D eigenvalue weighted by atomic mass is 19.4. The van der Waals surface area contributed by atoms with Crippen LogP contribution in [0.5, 0.6) is 0 Å². The van der Waals surface area contributed by atoms with Crippen molar-refractivity contribution in [1.82, 2.24) is 10.3 Å². The Labute approximate surface area is 107 Å². The van der Waals surface area contributed by atoms with Crippen molar-refractivity contribution < 1.29 is 18.0 Å². The normalized spacial score (nSPS) is 11.8. The number of fused-ring (bicyclic) bond motifs is 1. The van der Waals surface area contributed by atoms with Gasteiger partial charge in [0.15, 0.2) is 0 Å². The second kappa shape index (κ2) is 4.95. The summed E-state index contributed by atoms with van der Waals surface area (Å²) >= 11 is 0. The lowest BCUT2D eigenvalue weighted by molar-refractivity contribution is -0.141. The van der Waals surface area contributed by atoms with Crippen LogP contribution in [0.3, 0.4) is 0 Å². The molecule has 0 saturated carbocycles. The number of nitrogens with one attached hydrogen (secondary N) is 2. The zero-order valence-corrected chi connectivity index (χ0v) is 10.3. The van der Waals surface area contributed by atoms with Crippen LogP contribution in [0.2, 0.25) is 0 Å². The van der Waals surface area contributed by atoms with Gasteiger partial charge in [0.05, 0.1) is 0 Å². The van der Waals surface area contributed by atoms with E-state index in [2.05, 4.69) is 10.3 Å². The highest BCUT2D eigenvalue weighted by Crippen LogP contribution is 2.35. The number of amides is 1. The van der Waals surface area contributed by atoms with Crippen molar-refractivity contribution in [1.29, 1.82) is 0 Å². The maximum Gasteiger partial charge on any atom is 0.431 e. The van der Waals surface area contributed by atoms with Gasteiger partial charge in [0.2, 0.25) is 5.91 Å². The zero-order chi connectivity index (χ0) is 14.0. The molecule has 0 saturated heterocycles. The predicted octanol–water partition coefficient (Wildman–Crippen LogP) is 2.87. The van der Waals surface area contributed by atoms with E-state index in [1.165, 1.54) is 6.92 Å². The molecule has 1 heterocycles. The zero-order valence-electron chi connectivity index (χ0n) is 10.3. The third-order valence-corrected chi connectivity index (χ3v) is 2.85. The van der Waals surface area contributed by atoms with Gasteiger partial charge < -0.3 is 10.3 Å². The molecule has 0 spiro atoms. The van der Waals surface area contributed by atoms with E-state index in [9.17, 15) is 18.0 Å². The lowest BCUT2D eigenvalue weighted by Gasteiger charge is -2.08. The Balaban J connectivity index is 2.40. The van der Waals surface area contributed by atoms with Gasteiger partial charge in [-0.25, -0.2) is 0 Å². The maximum atomic E-state index is 13.0. The minimum atomic E-state index is -4.43. The maximum absolute atomic E-state index is 13.0. The molecule has 19 heavy (non-hydrogen) atoms. The Morgan fingerprint density at radius 2 is 2.00 bits per heavy atom. The van der Waals surface area contributed by atoms with Gasteiger partial charge in [-0.3, -0.25) is 4.79 Å². The van der Waals surface area contributed by atoms with Crippen molar-refractivity contribution in [2.24, 2.45) is 0 Å². The molecule has 102 valence electrons. The van der Waals surface area contributed by atoms with Crippen LogP contribution in [-0.4, -0.2) is 17.4 Å². The minimum absolute atomic E-state index is 0.137. The quantitative estimate of drug-likeness (QED) is 0.885. The van der Waals surface area contributed by atoms with Crippen molar-refractivity contribution >= 4 is 16.8 Å². The van der Waals surface area contributed by atoms with E-state index in [1.54, 1.807) is 24.3 Å². The van der Waals surface area contributed by atoms with Crippen LogP contribution >= 0.6 is 0 Å². The average Bonchev–Trinajstić information content (AvgIpc) is 2.68. The number of benzene rings is 1. The molecule has 0 aliphatic carbocycles. The first-order chi connectivity index (χ1) is 8.89. The first kappa shape index (κ1) is 13.5. The number of hydrogen-bond acceptors (Lipinski definition) is 1. The SMILES string of the molecule is CC(=O)NCCc1c(C(F)(F)F)[nH]c2ccccc12. The summed E-state index contributed by atoms with van der Waals surface area (Å²) < 4.78 is 38.9. The molecule has 2 aromatic rings. The number of alkyl halides is 3. The van der Waals surface area contributed by atoms with Gasteiger partial charge in [0.25, 0.3) is 0 Å². The van der Waals surface area contributed by atoms with Crippen LogP contribution < -0.4 is 5.32 Å². The van der Waals surface area contributed by atoms with Crippen molar-refractivity contribution in [3.05, 3.63) is 35.5 Å². The summed E-state index contributed by atoms with van der Waals surface area (Å²) in [4.78, 5) is 13.2. The van der Waals surface area contributed by atoms with Crippen molar-refractivity contribution in [3.63, 3.8) is 0 Å². The van der Waals surface area contributed by atoms with E-state index in [4.69, 9.17) is 0 Å². The smallest absolute Gasteiger partial charge is 0.356 e. The van der Waals surface area contributed by atoms with E-state index >= 15 is 0 Å². The van der Waals surface area contributed by atoms with Crippen LogP contribution in [0.4, 0.5) is 13.2 Å². The molecular weight excluding hydrogens is 257 g/mol. The van der Waals surface area contributed by atoms with Crippen LogP contribution in [-0.2, 0) is 17.4 Å². The van der Waals surface area contributed by atoms with Gasteiger partial charge in [-0.05, 0) is 18.1 Å². The van der Waals surface area contributed by atoms with Crippen molar-refractivity contribution in [2.75, 3.05) is 6.54 Å². The number of carbonyl (C=O) groups is 1. The number of H-pyrrole nitrogens is 1. The summed E-state index contributed by atoms with van der Waals surface area (Å²) in [5.41, 5.74) is -0.0939. The summed E-state index contributed by atoms with van der Waals surface area (Å²) in [5.74, 6) is -0.256. The summed E-state index contributed by atoms with van der Waals surface area (Å²) in [6.07, 6.45) is -4.29. The molecule has 6 heteroatoms. The first-order valence-electron chi connectivity index (χ1n) is 5.81. The molecule has 0 radical (unpaired) electrons. The molecule has 0 aliphatic rings. The Bertz CT molecular complexity index is 601. The van der Waals surface area contributed by atoms with Gasteiger partial charge in [-0.15, -0.1) is 0 Å². The minimum Gasteiger partial charge on any atom is -0.356 e. The second-order valence-electron chi connectivity index (χ2n) is 4.25. The predicted molar refractivity (Wildman–Crippen MR) is 65.7 cm³/mol. The number of para-hydroxylation sites is 1. The van der Waals surface area contributed by atoms with Crippen LogP contribution in [0, 0.1) is 0 Å². The Hall–Kier alpha value is -1.98. The van der Waals surface area contributed by atoms with Gasteiger partial charge in [0, 0.05) is 24.4 Å². The summed E-state index contributed by atoms with van der Waals surface area (Å²) in [7, 11) is 0. The number of halogens is 3. The second-order valence-corrected chi connectivity index (χ2v) is 4.25. The molecule has 0 bridgehead atoms. The largest absolute Gasteiger partial charge is 0.431 e. The lowest BCUT2D eigenvalue weighted by atomic mass is 10.1. The number of hydrogen-bond donors (Lipinski definition) is 2. The summed E-state index contributed by atoms with van der Waals surface area (Å²) in [6.45, 7) is 1.51. The molecule has 0 unspecified atom stereocenters. The van der Waals surface area contributed by atoms with E-state index in [0.717, 1.165) is 0 Å². The molecule has 1 aromatic heterocycles. The van der Waals surface area contributed by atoms with E-state index in [1.807, 2.05) is 0 Å². The highest BCUT2D eigenvalue weighted by Gasteiger charge is 2.36. The number of aromatic nitrogens is 1. The van der Waals surface area contributed by atoms with Crippen molar-refractivity contribution in [2.45, 2.75) is 19.5 Å². The molecule has 0 fully saturated rings. The first-order valence-corrected chi connectivity index (χ1v) is 5.81. The lowest BCUT2D eigenvalue weighted by Crippen LogP contribution is -2.23. The Morgan fingerprint density at radius 1 is 1.32 bits per heavy atom. The van der Waals surface area contributed by atoms with Crippen molar-refractivity contribution in [3.8, 4) is 0 Å². The van der Waals surface area contributed by atoms with Crippen LogP contribution in [0.1, 0.15) is 18.2 Å². The molecule has 0 aliphatic heterocycles. The van der Waals surface area contributed by atoms with Gasteiger partial charge in [0.1, 0.15) is 5.69 Å². The Kier molecular flexibility index (Phi) is 3.50. The average molecular weight is 270 g/mol. The summed E-state index contributed by atoms with van der Waals surface area (Å²) in [5, 5.41) is 3.05. The molecule has 1 amide bonds. The number of aromatic amines is 1. The fourth-order valence-electron chi connectivity index (χ4n) is 2.07. The van der Waals surface area contributed by atoms with Crippen LogP contribution in [0.15, 0.2) is 24.3 Å². The molecule has 3 nitrogen and oxygen atoms in total. The number of carbonyl (C=O) groups excluding carboxylic acids is 1. The molecule has 2 rings (SSSR count). The monoisotopic (exact) mass is 270 g/mol. The van der Waals surface area contributed by atoms with E-state index in [0.29, 0.717) is 10.9 Å². The number of rotatable bonds is 3. The highest BCUT2D eigenvalue weighted by molar-refractivity contribution is 5.85. The molecular formula is C13H13F3N2O. The fourth-order valence-corrected chi connectivity index (χ4v) is 2.07. The Morgan fingerprint density at radius 3 is 2.63 bits per heavy atom. The molecule has 1 aromatic carbocycles.